The molecule has 10 heteroatoms. The van der Waals surface area contributed by atoms with Crippen LogP contribution in [0.1, 0.15) is 12.5 Å². The average molecular weight is 525 g/mol. The van der Waals surface area contributed by atoms with Gasteiger partial charge in [-0.1, -0.05) is 36.2 Å². The number of aromatic nitrogens is 1. The zero-order valence-corrected chi connectivity index (χ0v) is 21.0. The number of benzene rings is 2. The maximum absolute atomic E-state index is 13.3. The Kier molecular flexibility index (Phi) is 9.11. The van der Waals surface area contributed by atoms with Gasteiger partial charge >= 0.3 is 0 Å². The maximum Gasteiger partial charge on any atom is 0.268 e. The summed E-state index contributed by atoms with van der Waals surface area (Å²) >= 11 is 12.6. The molecule has 0 saturated carbocycles. The highest BCUT2D eigenvalue weighted by molar-refractivity contribution is 7.90. The highest BCUT2D eigenvalue weighted by Crippen LogP contribution is 2.29. The van der Waals surface area contributed by atoms with Crippen molar-refractivity contribution in [2.45, 2.75) is 18.4 Å². The molecule has 1 saturated heterocycles. The van der Waals surface area contributed by atoms with Gasteiger partial charge in [0.2, 0.25) is 0 Å². The summed E-state index contributed by atoms with van der Waals surface area (Å²) in [5, 5.41) is 1.82. The second kappa shape index (κ2) is 10.8. The van der Waals surface area contributed by atoms with E-state index in [-0.39, 0.29) is 29.7 Å². The van der Waals surface area contributed by atoms with E-state index >= 15 is 0 Å². The van der Waals surface area contributed by atoms with Gasteiger partial charge in [-0.05, 0) is 48.5 Å². The number of hydrogen-bond donors (Lipinski definition) is 0. The summed E-state index contributed by atoms with van der Waals surface area (Å²) in [5.41, 5.74) is 1.39. The topological polar surface area (TPSA) is 45.6 Å². The van der Waals surface area contributed by atoms with E-state index in [0.717, 1.165) is 38.3 Å². The largest absolute Gasteiger partial charge is 0.301 e. The summed E-state index contributed by atoms with van der Waals surface area (Å²) in [6.07, 6.45) is 1.55. The number of piperazine rings is 1. The molecule has 1 aliphatic rings. The van der Waals surface area contributed by atoms with Crippen LogP contribution in [0.4, 0.5) is 0 Å². The van der Waals surface area contributed by atoms with Gasteiger partial charge in [0.1, 0.15) is 0 Å². The van der Waals surface area contributed by atoms with E-state index < -0.39 is 10.0 Å². The summed E-state index contributed by atoms with van der Waals surface area (Å²) < 4.78 is 27.9. The molecule has 0 radical (unpaired) electrons. The van der Waals surface area contributed by atoms with Crippen molar-refractivity contribution in [2.24, 2.45) is 0 Å². The summed E-state index contributed by atoms with van der Waals surface area (Å²) in [4.78, 5) is 4.94. The minimum atomic E-state index is -3.76. The molecular formula is C21H25Cl4N3O2S. The fraction of sp³-hybridized carbons (Fsp3) is 0.333. The molecule has 2 heterocycles. The molecule has 1 aliphatic heterocycles. The Morgan fingerprint density at radius 3 is 2.26 bits per heavy atom. The summed E-state index contributed by atoms with van der Waals surface area (Å²) in [6, 6.07) is 11.9. The second-order valence-corrected chi connectivity index (χ2v) is 9.88. The minimum Gasteiger partial charge on any atom is -0.301 e. The monoisotopic (exact) mass is 523 g/mol. The molecule has 0 aliphatic carbocycles. The van der Waals surface area contributed by atoms with Crippen LogP contribution in [0, 0.1) is 0 Å². The third kappa shape index (κ3) is 5.33. The number of hydrogen-bond acceptors (Lipinski definition) is 4. The van der Waals surface area contributed by atoms with E-state index in [9.17, 15) is 8.42 Å². The lowest BCUT2D eigenvalue weighted by molar-refractivity contribution is 0.132. The third-order valence-electron chi connectivity index (χ3n) is 5.52. The molecule has 0 unspecified atom stereocenters. The van der Waals surface area contributed by atoms with E-state index in [1.807, 2.05) is 0 Å². The number of halogens is 4. The van der Waals surface area contributed by atoms with Crippen molar-refractivity contribution in [3.05, 3.63) is 64.3 Å². The average Bonchev–Trinajstić information content (AvgIpc) is 3.16. The Labute approximate surface area is 205 Å². The van der Waals surface area contributed by atoms with E-state index in [2.05, 4.69) is 16.7 Å². The van der Waals surface area contributed by atoms with E-state index in [4.69, 9.17) is 23.2 Å². The predicted molar refractivity (Wildman–Crippen MR) is 133 cm³/mol. The van der Waals surface area contributed by atoms with Gasteiger partial charge in [-0.25, -0.2) is 12.4 Å². The SMILES string of the molecule is CCN1CCN(Cc2cc(S(=O)(=O)n3ccc4c(Cl)cccc43)ccc2Cl)CC1.Cl.Cl. The van der Waals surface area contributed by atoms with Gasteiger partial charge in [0.25, 0.3) is 10.0 Å². The van der Waals surface area contributed by atoms with Crippen LogP contribution in [0.25, 0.3) is 10.9 Å². The molecular weight excluding hydrogens is 500 g/mol. The van der Waals surface area contributed by atoms with Crippen LogP contribution in [-0.4, -0.2) is 54.9 Å². The Morgan fingerprint density at radius 1 is 0.903 bits per heavy atom. The van der Waals surface area contributed by atoms with Gasteiger partial charge in [0.15, 0.2) is 0 Å². The van der Waals surface area contributed by atoms with Crippen molar-refractivity contribution in [2.75, 3.05) is 32.7 Å². The lowest BCUT2D eigenvalue weighted by Gasteiger charge is -2.34. The first-order chi connectivity index (χ1) is 13.9. The lowest BCUT2D eigenvalue weighted by atomic mass is 10.2. The third-order valence-corrected chi connectivity index (χ3v) is 7.91. The Hall–Kier alpha value is -0.990. The molecule has 170 valence electrons. The molecule has 3 aromatic rings. The molecule has 0 amide bonds. The van der Waals surface area contributed by atoms with Crippen LogP contribution in [0.3, 0.4) is 0 Å². The van der Waals surface area contributed by atoms with Gasteiger partial charge < -0.3 is 4.90 Å². The van der Waals surface area contributed by atoms with E-state index in [1.54, 1.807) is 48.7 Å². The van der Waals surface area contributed by atoms with Crippen LogP contribution in [0.15, 0.2) is 53.6 Å². The molecule has 2 aromatic carbocycles. The van der Waals surface area contributed by atoms with Crippen molar-refractivity contribution in [1.82, 2.24) is 13.8 Å². The van der Waals surface area contributed by atoms with Gasteiger partial charge in [-0.3, -0.25) is 4.90 Å². The highest BCUT2D eigenvalue weighted by Gasteiger charge is 2.22. The molecule has 1 aromatic heterocycles. The number of nitrogens with zero attached hydrogens (tertiary/aromatic N) is 3. The van der Waals surface area contributed by atoms with Crippen LogP contribution >= 0.6 is 48.0 Å². The standard InChI is InChI=1S/C21H23Cl2N3O2S.2ClH/c1-2-24-10-12-25(13-11-24)15-16-14-17(6-7-19(16)22)29(27,28)26-9-8-18-20(23)4-3-5-21(18)26;;/h3-9,14H,2,10-13,15H2,1H3;2*1H. The fourth-order valence-corrected chi connectivity index (χ4v) is 5.57. The Morgan fingerprint density at radius 2 is 1.58 bits per heavy atom. The van der Waals surface area contributed by atoms with Crippen molar-refractivity contribution in [3.8, 4) is 0 Å². The Balaban J connectivity index is 0.00000171. The molecule has 0 spiro atoms. The minimum absolute atomic E-state index is 0. The second-order valence-electron chi connectivity index (χ2n) is 7.25. The quantitative estimate of drug-likeness (QED) is 0.462. The zero-order valence-electron chi connectivity index (χ0n) is 17.0. The van der Waals surface area contributed by atoms with Crippen molar-refractivity contribution < 1.29 is 8.42 Å². The number of rotatable bonds is 5. The molecule has 4 rings (SSSR count). The maximum atomic E-state index is 13.3. The van der Waals surface area contributed by atoms with Crippen molar-refractivity contribution in [1.29, 1.82) is 0 Å². The predicted octanol–water partition coefficient (Wildman–Crippen LogP) is 5.17. The zero-order chi connectivity index (χ0) is 20.6. The first-order valence-corrected chi connectivity index (χ1v) is 11.8. The van der Waals surface area contributed by atoms with Gasteiger partial charge in [-0.2, -0.15) is 0 Å². The first-order valence-electron chi connectivity index (χ1n) is 9.64. The van der Waals surface area contributed by atoms with Crippen LogP contribution in [-0.2, 0) is 16.6 Å². The van der Waals surface area contributed by atoms with Crippen molar-refractivity contribution >= 4 is 68.9 Å². The van der Waals surface area contributed by atoms with Gasteiger partial charge in [-0.15, -0.1) is 24.8 Å². The van der Waals surface area contributed by atoms with Crippen LogP contribution in [0.2, 0.25) is 10.0 Å². The smallest absolute Gasteiger partial charge is 0.268 e. The van der Waals surface area contributed by atoms with E-state index in [1.165, 1.54) is 3.97 Å². The fourth-order valence-electron chi connectivity index (χ4n) is 3.77. The van der Waals surface area contributed by atoms with Gasteiger partial charge in [0, 0.05) is 54.4 Å². The molecule has 0 N–H and O–H groups in total. The normalized spacial score (nSPS) is 15.5. The summed E-state index contributed by atoms with van der Waals surface area (Å²) in [7, 11) is -3.76. The van der Waals surface area contributed by atoms with E-state index in [0.29, 0.717) is 27.5 Å². The highest BCUT2D eigenvalue weighted by atomic mass is 35.5. The first kappa shape index (κ1) is 26.3. The van der Waals surface area contributed by atoms with Crippen molar-refractivity contribution in [3.63, 3.8) is 0 Å². The molecule has 31 heavy (non-hydrogen) atoms. The molecule has 0 atom stereocenters. The molecule has 1 fully saturated rings. The number of likely N-dealkylation sites (N-methyl/N-ethyl adjacent to an activating group) is 1. The molecule has 5 nitrogen and oxygen atoms in total. The summed E-state index contributed by atoms with van der Waals surface area (Å²) in [6.45, 7) is 7.78. The van der Waals surface area contributed by atoms with Crippen LogP contribution < -0.4 is 0 Å². The number of fused-ring (bicyclic) bond motifs is 1. The van der Waals surface area contributed by atoms with Gasteiger partial charge in [0.05, 0.1) is 10.4 Å². The van der Waals surface area contributed by atoms with Crippen LogP contribution in [0.5, 0.6) is 0 Å². The summed E-state index contributed by atoms with van der Waals surface area (Å²) in [5.74, 6) is 0. The Bertz CT molecular complexity index is 1140. The lowest BCUT2D eigenvalue weighted by Crippen LogP contribution is -2.45. The molecule has 0 bridgehead atoms.